The lowest BCUT2D eigenvalue weighted by atomic mass is 10.2. The molecule has 1 heterocycles. The Balaban J connectivity index is 2.30. The highest BCUT2D eigenvalue weighted by Gasteiger charge is 2.31. The topological polar surface area (TPSA) is 21.7 Å². The van der Waals surface area contributed by atoms with E-state index in [1.54, 1.807) is 0 Å². The highest BCUT2D eigenvalue weighted by atomic mass is 19.1. The van der Waals surface area contributed by atoms with E-state index in [-0.39, 0.29) is 11.8 Å². The summed E-state index contributed by atoms with van der Waals surface area (Å²) in [7, 11) is 1.83. The summed E-state index contributed by atoms with van der Waals surface area (Å²) in [5, 5.41) is 0. The molecule has 1 rings (SSSR count). The van der Waals surface area contributed by atoms with Crippen LogP contribution in [0.25, 0.3) is 0 Å². The zero-order chi connectivity index (χ0) is 10.1. The summed E-state index contributed by atoms with van der Waals surface area (Å²) >= 11 is 0. The van der Waals surface area contributed by atoms with Crippen molar-refractivity contribution in [2.45, 2.75) is 45.2 Å². The minimum atomic E-state index is -0.793. The lowest BCUT2D eigenvalue weighted by molar-refractivity contribution is -0.388. The number of nitrogens with zero attached hydrogens (tertiary/aromatic N) is 1. The Labute approximate surface area is 78.7 Å². The fraction of sp³-hybridized carbons (Fsp3) is 1.00. The molecule has 13 heavy (non-hydrogen) atoms. The second-order valence-electron chi connectivity index (χ2n) is 4.52. The summed E-state index contributed by atoms with van der Waals surface area (Å²) in [5.41, 5.74) is -0.338. The average molecular weight is 191 g/mol. The predicted molar refractivity (Wildman–Crippen MR) is 47.9 cm³/mol. The maximum atomic E-state index is 12.9. The first-order valence-electron chi connectivity index (χ1n) is 4.57. The molecule has 0 aromatic carbocycles. The zero-order valence-corrected chi connectivity index (χ0v) is 8.71. The van der Waals surface area contributed by atoms with E-state index in [1.807, 2.05) is 32.7 Å². The van der Waals surface area contributed by atoms with Crippen molar-refractivity contribution in [2.24, 2.45) is 0 Å². The van der Waals surface area contributed by atoms with E-state index in [9.17, 15) is 4.39 Å². The molecule has 0 amide bonds. The minimum Gasteiger partial charge on any atom is -0.276 e. The van der Waals surface area contributed by atoms with Crippen molar-refractivity contribution in [1.82, 2.24) is 4.90 Å². The quantitative estimate of drug-likeness (QED) is 0.490. The van der Waals surface area contributed by atoms with Gasteiger partial charge in [0.15, 0.2) is 0 Å². The van der Waals surface area contributed by atoms with Crippen LogP contribution in [0, 0.1) is 0 Å². The molecule has 2 atom stereocenters. The van der Waals surface area contributed by atoms with E-state index in [4.69, 9.17) is 9.78 Å². The van der Waals surface area contributed by atoms with E-state index >= 15 is 0 Å². The smallest absolute Gasteiger partial charge is 0.148 e. The fourth-order valence-electron chi connectivity index (χ4n) is 1.22. The molecule has 78 valence electrons. The van der Waals surface area contributed by atoms with Crippen LogP contribution in [0.4, 0.5) is 4.39 Å². The summed E-state index contributed by atoms with van der Waals surface area (Å²) < 4.78 is 12.9. The Morgan fingerprint density at radius 3 is 2.38 bits per heavy atom. The molecule has 1 aliphatic rings. The minimum absolute atomic E-state index is 0.241. The lowest BCUT2D eigenvalue weighted by Crippen LogP contribution is -2.31. The molecule has 0 bridgehead atoms. The predicted octanol–water partition coefficient (Wildman–Crippen LogP) is 1.73. The second kappa shape index (κ2) is 3.90. The number of likely N-dealkylation sites (tertiary alicyclic amines) is 1. The molecular weight excluding hydrogens is 173 g/mol. The van der Waals surface area contributed by atoms with Gasteiger partial charge in [-0.3, -0.25) is 4.90 Å². The van der Waals surface area contributed by atoms with Crippen LogP contribution in [0.5, 0.6) is 0 Å². The third-order valence-electron chi connectivity index (χ3n) is 1.84. The molecular formula is C9H18FNO2. The van der Waals surface area contributed by atoms with Crippen LogP contribution in [0.15, 0.2) is 0 Å². The van der Waals surface area contributed by atoms with Crippen LogP contribution < -0.4 is 0 Å². The largest absolute Gasteiger partial charge is 0.276 e. The molecule has 1 fully saturated rings. The second-order valence-corrected chi connectivity index (χ2v) is 4.52. The van der Waals surface area contributed by atoms with Gasteiger partial charge in [-0.1, -0.05) is 0 Å². The van der Waals surface area contributed by atoms with Gasteiger partial charge in [0.25, 0.3) is 0 Å². The van der Waals surface area contributed by atoms with Gasteiger partial charge in [0.2, 0.25) is 0 Å². The standard InChI is InChI=1S/C9H18FNO2/c1-9(2,3)13-12-8-5-7(10)6-11(8)4/h7-8H,5-6H2,1-4H3/t7-,8+/m1/s1. The molecule has 4 heteroatoms. The van der Waals surface area contributed by atoms with Crippen LogP contribution in [-0.4, -0.2) is 36.5 Å². The Morgan fingerprint density at radius 2 is 2.00 bits per heavy atom. The van der Waals surface area contributed by atoms with Gasteiger partial charge in [-0.05, 0) is 27.8 Å². The molecule has 0 aliphatic carbocycles. The van der Waals surface area contributed by atoms with Crippen molar-refractivity contribution in [3.05, 3.63) is 0 Å². The number of alkyl halides is 1. The first kappa shape index (κ1) is 10.9. The summed E-state index contributed by atoms with van der Waals surface area (Å²) in [6.45, 7) is 6.12. The molecule has 0 spiro atoms. The normalized spacial score (nSPS) is 31.2. The molecule has 1 aliphatic heterocycles. The lowest BCUT2D eigenvalue weighted by Gasteiger charge is -2.23. The summed E-state index contributed by atoms with van der Waals surface area (Å²) in [6, 6.07) is 0. The first-order valence-corrected chi connectivity index (χ1v) is 4.57. The van der Waals surface area contributed by atoms with Crippen molar-refractivity contribution in [1.29, 1.82) is 0 Å². The monoisotopic (exact) mass is 191 g/mol. The molecule has 0 unspecified atom stereocenters. The maximum absolute atomic E-state index is 12.9. The summed E-state index contributed by atoms with van der Waals surface area (Å²) in [6.07, 6.45) is -0.639. The van der Waals surface area contributed by atoms with Crippen LogP contribution in [0.2, 0.25) is 0 Å². The van der Waals surface area contributed by atoms with Crippen molar-refractivity contribution >= 4 is 0 Å². The molecule has 0 N–H and O–H groups in total. The van der Waals surface area contributed by atoms with Gasteiger partial charge >= 0.3 is 0 Å². The van der Waals surface area contributed by atoms with Crippen molar-refractivity contribution in [2.75, 3.05) is 13.6 Å². The molecule has 1 saturated heterocycles. The number of hydrogen-bond acceptors (Lipinski definition) is 3. The Kier molecular flexibility index (Phi) is 3.27. The van der Waals surface area contributed by atoms with Crippen molar-refractivity contribution in [3.8, 4) is 0 Å². The first-order chi connectivity index (χ1) is 5.88. The van der Waals surface area contributed by atoms with Gasteiger partial charge in [-0.25, -0.2) is 14.2 Å². The van der Waals surface area contributed by atoms with Crippen LogP contribution in [0.3, 0.4) is 0 Å². The molecule has 0 aromatic rings. The van der Waals surface area contributed by atoms with Crippen molar-refractivity contribution in [3.63, 3.8) is 0 Å². The molecule has 3 nitrogen and oxygen atoms in total. The molecule has 0 saturated carbocycles. The van der Waals surface area contributed by atoms with Gasteiger partial charge in [0.05, 0.1) is 5.60 Å². The average Bonchev–Trinajstić information content (AvgIpc) is 2.24. The van der Waals surface area contributed by atoms with Gasteiger partial charge in [0.1, 0.15) is 12.4 Å². The van der Waals surface area contributed by atoms with Gasteiger partial charge < -0.3 is 0 Å². The van der Waals surface area contributed by atoms with E-state index in [0.29, 0.717) is 13.0 Å². The number of rotatable bonds is 2. The van der Waals surface area contributed by atoms with E-state index in [1.165, 1.54) is 0 Å². The van der Waals surface area contributed by atoms with Gasteiger partial charge in [-0.15, -0.1) is 0 Å². The Bertz CT molecular complexity index is 169. The van der Waals surface area contributed by atoms with Crippen molar-refractivity contribution < 1.29 is 14.2 Å². The van der Waals surface area contributed by atoms with Gasteiger partial charge in [0, 0.05) is 13.0 Å². The summed E-state index contributed by atoms with van der Waals surface area (Å²) in [5.74, 6) is 0. The molecule has 0 aromatic heterocycles. The molecule has 0 radical (unpaired) electrons. The summed E-state index contributed by atoms with van der Waals surface area (Å²) in [4.78, 5) is 12.1. The van der Waals surface area contributed by atoms with E-state index in [0.717, 1.165) is 0 Å². The Hall–Kier alpha value is -0.190. The third kappa shape index (κ3) is 3.58. The van der Waals surface area contributed by atoms with Crippen LogP contribution >= 0.6 is 0 Å². The van der Waals surface area contributed by atoms with E-state index < -0.39 is 6.17 Å². The van der Waals surface area contributed by atoms with Gasteiger partial charge in [-0.2, -0.15) is 0 Å². The zero-order valence-electron chi connectivity index (χ0n) is 8.71. The number of halogens is 1. The highest BCUT2D eigenvalue weighted by molar-refractivity contribution is 4.76. The van der Waals surface area contributed by atoms with E-state index in [2.05, 4.69) is 0 Å². The Morgan fingerprint density at radius 1 is 1.38 bits per heavy atom. The maximum Gasteiger partial charge on any atom is 0.148 e. The number of hydrogen-bond donors (Lipinski definition) is 0. The fourth-order valence-corrected chi connectivity index (χ4v) is 1.22. The SMILES string of the molecule is CN1C[C@H](F)C[C@@H]1OOC(C)(C)C. The van der Waals surface area contributed by atoms with Crippen LogP contribution in [0.1, 0.15) is 27.2 Å². The third-order valence-corrected chi connectivity index (χ3v) is 1.84. The highest BCUT2D eigenvalue weighted by Crippen LogP contribution is 2.21. The van der Waals surface area contributed by atoms with Crippen LogP contribution in [-0.2, 0) is 9.78 Å².